The van der Waals surface area contributed by atoms with Gasteiger partial charge in [-0.15, -0.1) is 0 Å². The summed E-state index contributed by atoms with van der Waals surface area (Å²) in [5, 5.41) is 8.95. The van der Waals surface area contributed by atoms with E-state index in [1.807, 2.05) is 13.8 Å². The number of rotatable bonds is 8. The average molecular weight is 339 g/mol. The lowest BCUT2D eigenvalue weighted by Gasteiger charge is -2.29. The number of carbonyl (C=O) groups is 1. The Balaban J connectivity index is 2.11. The Bertz CT molecular complexity index is 558. The first kappa shape index (κ1) is 18.5. The smallest absolute Gasteiger partial charge is 0.307 e. The highest BCUT2D eigenvalue weighted by atomic mass is 19.1. The Morgan fingerprint density at radius 3 is 2.67 bits per heavy atom. The van der Waals surface area contributed by atoms with Crippen LogP contribution in [-0.2, 0) is 11.2 Å². The van der Waals surface area contributed by atoms with E-state index in [2.05, 4.69) is 4.90 Å². The van der Waals surface area contributed by atoms with Crippen molar-refractivity contribution >= 4 is 5.97 Å². The Hall–Kier alpha value is -1.82. The monoisotopic (exact) mass is 339 g/mol. The van der Waals surface area contributed by atoms with Gasteiger partial charge in [-0.3, -0.25) is 9.69 Å². The highest BCUT2D eigenvalue weighted by Gasteiger charge is 2.19. The maximum Gasteiger partial charge on any atom is 0.307 e. The summed E-state index contributed by atoms with van der Waals surface area (Å²) in [6.07, 6.45) is 3.04. The zero-order valence-corrected chi connectivity index (χ0v) is 14.4. The number of hydrogen-bond acceptors (Lipinski definition) is 4. The molecule has 0 amide bonds. The first-order valence-electron chi connectivity index (χ1n) is 8.55. The van der Waals surface area contributed by atoms with E-state index in [0.717, 1.165) is 19.6 Å². The molecular formula is C18H26FNO4. The predicted octanol–water partition coefficient (Wildman–Crippen LogP) is 3.10. The van der Waals surface area contributed by atoms with Crippen molar-refractivity contribution in [3.63, 3.8) is 0 Å². The Morgan fingerprint density at radius 2 is 2.04 bits per heavy atom. The Kier molecular flexibility index (Phi) is 6.85. The molecule has 1 N–H and O–H groups in total. The highest BCUT2D eigenvalue weighted by molar-refractivity contribution is 5.70. The number of hydrogen-bond donors (Lipinski definition) is 1. The molecule has 1 aliphatic rings. The minimum Gasteiger partial charge on any atom is -0.494 e. The van der Waals surface area contributed by atoms with E-state index in [1.165, 1.54) is 31.4 Å². The summed E-state index contributed by atoms with van der Waals surface area (Å²) >= 11 is 0. The molecule has 1 atom stereocenters. The van der Waals surface area contributed by atoms with Crippen molar-refractivity contribution in [2.24, 2.45) is 0 Å². The van der Waals surface area contributed by atoms with Gasteiger partial charge < -0.3 is 14.6 Å². The zero-order valence-electron chi connectivity index (χ0n) is 14.4. The molecule has 1 unspecified atom stereocenters. The predicted molar refractivity (Wildman–Crippen MR) is 89.3 cm³/mol. The molecule has 1 saturated heterocycles. The summed E-state index contributed by atoms with van der Waals surface area (Å²) in [5.74, 6) is -1.22. The molecule has 1 heterocycles. The number of halogens is 1. The summed E-state index contributed by atoms with van der Waals surface area (Å²) in [6.45, 7) is 6.95. The molecule has 0 spiro atoms. The summed E-state index contributed by atoms with van der Waals surface area (Å²) in [4.78, 5) is 13.2. The molecule has 1 aromatic carbocycles. The minimum atomic E-state index is -1.09. The van der Waals surface area contributed by atoms with Crippen LogP contribution in [0.2, 0.25) is 0 Å². The second kappa shape index (κ2) is 8.87. The maximum atomic E-state index is 14.5. The van der Waals surface area contributed by atoms with Crippen LogP contribution >= 0.6 is 0 Å². The van der Waals surface area contributed by atoms with E-state index in [4.69, 9.17) is 14.6 Å². The fourth-order valence-electron chi connectivity index (χ4n) is 3.01. The number of ether oxygens (including phenoxy) is 2. The molecule has 0 aliphatic carbocycles. The number of likely N-dealkylation sites (tertiary alicyclic amines) is 1. The van der Waals surface area contributed by atoms with E-state index in [-0.39, 0.29) is 17.4 Å². The van der Waals surface area contributed by atoms with Gasteiger partial charge in [-0.25, -0.2) is 4.39 Å². The van der Waals surface area contributed by atoms with Crippen molar-refractivity contribution in [3.05, 3.63) is 23.5 Å². The minimum absolute atomic E-state index is 0.0571. The van der Waals surface area contributed by atoms with E-state index >= 15 is 0 Å². The van der Waals surface area contributed by atoms with Gasteiger partial charge in [0.1, 0.15) is 11.9 Å². The molecule has 6 heteroatoms. The van der Waals surface area contributed by atoms with Gasteiger partial charge in [0.05, 0.1) is 13.0 Å². The van der Waals surface area contributed by atoms with Crippen molar-refractivity contribution in [2.75, 3.05) is 26.2 Å². The van der Waals surface area contributed by atoms with Crippen molar-refractivity contribution in [2.45, 2.75) is 45.6 Å². The molecule has 2 rings (SSSR count). The van der Waals surface area contributed by atoms with Gasteiger partial charge in [-0.2, -0.15) is 0 Å². The molecule has 1 fully saturated rings. The Morgan fingerprint density at radius 1 is 1.33 bits per heavy atom. The van der Waals surface area contributed by atoms with Gasteiger partial charge in [0, 0.05) is 18.2 Å². The molecule has 1 aromatic rings. The van der Waals surface area contributed by atoms with E-state index in [1.54, 1.807) is 0 Å². The van der Waals surface area contributed by atoms with E-state index in [9.17, 15) is 9.18 Å². The van der Waals surface area contributed by atoms with Crippen molar-refractivity contribution in [1.29, 1.82) is 0 Å². The van der Waals surface area contributed by atoms with Crippen molar-refractivity contribution in [1.82, 2.24) is 4.90 Å². The highest BCUT2D eigenvalue weighted by Crippen LogP contribution is 2.29. The van der Waals surface area contributed by atoms with Gasteiger partial charge in [-0.05, 0) is 45.8 Å². The van der Waals surface area contributed by atoms with Crippen LogP contribution in [0.4, 0.5) is 4.39 Å². The number of carboxylic acids is 1. The van der Waals surface area contributed by atoms with Gasteiger partial charge >= 0.3 is 5.97 Å². The molecular weight excluding hydrogens is 313 g/mol. The lowest BCUT2D eigenvalue weighted by molar-refractivity contribution is -0.136. The summed E-state index contributed by atoms with van der Waals surface area (Å²) < 4.78 is 25.7. The third kappa shape index (κ3) is 5.37. The third-order valence-electron chi connectivity index (χ3n) is 4.03. The molecule has 24 heavy (non-hydrogen) atoms. The van der Waals surface area contributed by atoms with Crippen LogP contribution in [-0.4, -0.2) is 48.3 Å². The second-order valence-corrected chi connectivity index (χ2v) is 6.19. The van der Waals surface area contributed by atoms with Crippen LogP contribution in [0, 0.1) is 5.82 Å². The first-order valence-corrected chi connectivity index (χ1v) is 8.55. The molecule has 0 radical (unpaired) electrons. The normalized spacial score (nSPS) is 16.6. The topological polar surface area (TPSA) is 59.0 Å². The lowest BCUT2D eigenvalue weighted by Crippen LogP contribution is -2.37. The van der Waals surface area contributed by atoms with Gasteiger partial charge in [0.15, 0.2) is 11.6 Å². The molecule has 134 valence electrons. The van der Waals surface area contributed by atoms with E-state index in [0.29, 0.717) is 12.4 Å². The molecule has 0 saturated carbocycles. The van der Waals surface area contributed by atoms with Crippen LogP contribution < -0.4 is 9.47 Å². The van der Waals surface area contributed by atoms with Crippen molar-refractivity contribution < 1.29 is 23.8 Å². The van der Waals surface area contributed by atoms with Crippen LogP contribution in [0.25, 0.3) is 0 Å². The zero-order chi connectivity index (χ0) is 17.5. The standard InChI is InChI=1S/C18H26FNO4/c1-3-23-15-9-14(10-17(21)22)18(19)16(11-15)24-13(2)12-20-7-5-4-6-8-20/h9,11,13H,3-8,10,12H2,1-2H3,(H,21,22). The fourth-order valence-corrected chi connectivity index (χ4v) is 3.01. The van der Waals surface area contributed by atoms with Crippen LogP contribution in [0.5, 0.6) is 11.5 Å². The third-order valence-corrected chi connectivity index (χ3v) is 4.03. The van der Waals surface area contributed by atoms with E-state index < -0.39 is 18.2 Å². The lowest BCUT2D eigenvalue weighted by atomic mass is 10.1. The van der Waals surface area contributed by atoms with Crippen LogP contribution in [0.15, 0.2) is 12.1 Å². The summed E-state index contributed by atoms with van der Waals surface area (Å²) in [7, 11) is 0. The van der Waals surface area contributed by atoms with Gasteiger partial charge in [0.2, 0.25) is 0 Å². The number of piperidine rings is 1. The maximum absolute atomic E-state index is 14.5. The van der Waals surface area contributed by atoms with Crippen LogP contribution in [0.3, 0.4) is 0 Å². The average Bonchev–Trinajstić information content (AvgIpc) is 2.52. The van der Waals surface area contributed by atoms with Crippen molar-refractivity contribution in [3.8, 4) is 11.5 Å². The largest absolute Gasteiger partial charge is 0.494 e. The summed E-state index contributed by atoms with van der Waals surface area (Å²) in [6, 6.07) is 2.92. The number of aliphatic carboxylic acids is 1. The molecule has 0 aromatic heterocycles. The fraction of sp³-hybridized carbons (Fsp3) is 0.611. The van der Waals surface area contributed by atoms with Gasteiger partial charge in [-0.1, -0.05) is 6.42 Å². The quantitative estimate of drug-likeness (QED) is 0.789. The molecule has 0 bridgehead atoms. The number of nitrogens with zero attached hydrogens (tertiary/aromatic N) is 1. The number of benzene rings is 1. The summed E-state index contributed by atoms with van der Waals surface area (Å²) in [5.41, 5.74) is 0.0774. The van der Waals surface area contributed by atoms with Crippen LogP contribution in [0.1, 0.15) is 38.7 Å². The molecule has 1 aliphatic heterocycles. The Labute approximate surface area is 142 Å². The SMILES string of the molecule is CCOc1cc(CC(=O)O)c(F)c(OC(C)CN2CCCCC2)c1. The number of carboxylic acid groups (broad SMARTS) is 1. The second-order valence-electron chi connectivity index (χ2n) is 6.19. The molecule has 5 nitrogen and oxygen atoms in total. The van der Waals surface area contributed by atoms with Gasteiger partial charge in [0.25, 0.3) is 0 Å². The first-order chi connectivity index (χ1) is 11.5.